The summed E-state index contributed by atoms with van der Waals surface area (Å²) in [5.41, 5.74) is 1.59. The number of carbonyl (C=O) groups excluding carboxylic acids is 2. The van der Waals surface area contributed by atoms with Gasteiger partial charge in [0.15, 0.2) is 0 Å². The number of hydrogen-bond acceptors (Lipinski definition) is 3. The molecular formula is C18H21N3O2. The molecule has 3 atom stereocenters. The maximum absolute atomic E-state index is 12.5. The van der Waals surface area contributed by atoms with Crippen LogP contribution in [0, 0.1) is 5.41 Å². The lowest BCUT2D eigenvalue weighted by Gasteiger charge is -2.43. The van der Waals surface area contributed by atoms with Crippen molar-refractivity contribution < 1.29 is 9.59 Å². The van der Waals surface area contributed by atoms with Gasteiger partial charge < -0.3 is 15.5 Å². The van der Waals surface area contributed by atoms with Crippen molar-refractivity contribution >= 4 is 17.5 Å². The first-order valence-corrected chi connectivity index (χ1v) is 8.01. The quantitative estimate of drug-likeness (QED) is 0.816. The van der Waals surface area contributed by atoms with Crippen molar-refractivity contribution in [1.29, 1.82) is 0 Å². The van der Waals surface area contributed by atoms with Crippen molar-refractivity contribution in [1.82, 2.24) is 10.2 Å². The molecular weight excluding hydrogens is 290 g/mol. The number of anilines is 1. The predicted molar refractivity (Wildman–Crippen MR) is 87.8 cm³/mol. The highest BCUT2D eigenvalue weighted by Gasteiger charge is 2.66. The Hall–Kier alpha value is -2.30. The van der Waals surface area contributed by atoms with Crippen LogP contribution in [0.5, 0.6) is 0 Å². The number of nitrogens with zero attached hydrogens (tertiary/aromatic N) is 1. The number of carbonyl (C=O) groups is 2. The fourth-order valence-corrected chi connectivity index (χ4v) is 4.58. The van der Waals surface area contributed by atoms with Gasteiger partial charge in [-0.15, -0.1) is 6.58 Å². The SMILES string of the molecule is C=CC(C)(C)[C@@]12C[C@H]3C(=O)NCC(=O)N3[C@@H]1Nc1ccccc12. The first-order chi connectivity index (χ1) is 10.9. The summed E-state index contributed by atoms with van der Waals surface area (Å²) in [7, 11) is 0. The van der Waals surface area contributed by atoms with Crippen LogP contribution < -0.4 is 10.6 Å². The van der Waals surface area contributed by atoms with Gasteiger partial charge in [0.25, 0.3) is 0 Å². The number of benzene rings is 1. The molecule has 5 heteroatoms. The minimum absolute atomic E-state index is 0.0263. The molecule has 3 aliphatic heterocycles. The van der Waals surface area contributed by atoms with Gasteiger partial charge in [-0.1, -0.05) is 38.1 Å². The van der Waals surface area contributed by atoms with Crippen LogP contribution >= 0.6 is 0 Å². The summed E-state index contributed by atoms with van der Waals surface area (Å²) in [5.74, 6) is -0.0841. The Morgan fingerprint density at radius 1 is 1.35 bits per heavy atom. The summed E-state index contributed by atoms with van der Waals surface area (Å²) in [4.78, 5) is 26.6. The number of amides is 2. The molecule has 120 valence electrons. The highest BCUT2D eigenvalue weighted by molar-refractivity contribution is 5.96. The minimum atomic E-state index is -0.415. The van der Waals surface area contributed by atoms with Crippen molar-refractivity contribution in [3.63, 3.8) is 0 Å². The van der Waals surface area contributed by atoms with Gasteiger partial charge in [-0.2, -0.15) is 0 Å². The van der Waals surface area contributed by atoms with E-state index in [1.165, 1.54) is 5.56 Å². The van der Waals surface area contributed by atoms with Crippen LogP contribution in [0.15, 0.2) is 36.9 Å². The van der Waals surface area contributed by atoms with Gasteiger partial charge in [0.1, 0.15) is 12.2 Å². The molecule has 0 saturated carbocycles. The van der Waals surface area contributed by atoms with Crippen molar-refractivity contribution in [3.8, 4) is 0 Å². The van der Waals surface area contributed by atoms with Crippen LogP contribution in [-0.2, 0) is 15.0 Å². The van der Waals surface area contributed by atoms with Crippen LogP contribution in [0.1, 0.15) is 25.8 Å². The zero-order chi connectivity index (χ0) is 16.4. The summed E-state index contributed by atoms with van der Waals surface area (Å²) < 4.78 is 0. The van der Waals surface area contributed by atoms with Gasteiger partial charge in [0.2, 0.25) is 11.8 Å². The van der Waals surface area contributed by atoms with E-state index in [9.17, 15) is 9.59 Å². The Bertz CT molecular complexity index is 727. The Morgan fingerprint density at radius 2 is 2.09 bits per heavy atom. The molecule has 0 spiro atoms. The summed E-state index contributed by atoms with van der Waals surface area (Å²) in [6.45, 7) is 8.38. The number of piperazine rings is 1. The molecule has 3 aliphatic rings. The topological polar surface area (TPSA) is 61.4 Å². The standard InChI is InChI=1S/C18H21N3O2/c1-4-17(2,3)18-9-13-15(23)19-10-14(22)21(13)16(18)20-12-8-6-5-7-11(12)18/h4-8,13,16,20H,1,9-10H2,2-3H3,(H,19,23)/t13-,16-,18+/m0/s1. The minimum Gasteiger partial charge on any atom is -0.364 e. The lowest BCUT2D eigenvalue weighted by atomic mass is 9.60. The van der Waals surface area contributed by atoms with Crippen LogP contribution in [0.2, 0.25) is 0 Å². The van der Waals surface area contributed by atoms with E-state index in [-0.39, 0.29) is 35.4 Å². The van der Waals surface area contributed by atoms with Gasteiger partial charge in [-0.05, 0) is 23.5 Å². The van der Waals surface area contributed by atoms with Crippen molar-refractivity contribution in [2.45, 2.75) is 37.9 Å². The molecule has 2 fully saturated rings. The summed E-state index contributed by atoms with van der Waals surface area (Å²) in [6.07, 6.45) is 2.35. The molecule has 1 aromatic rings. The molecule has 0 aromatic heterocycles. The number of nitrogens with one attached hydrogen (secondary N) is 2. The first kappa shape index (κ1) is 14.3. The number of fused-ring (bicyclic) bond motifs is 5. The second-order valence-electron chi connectivity index (χ2n) is 7.23. The van der Waals surface area contributed by atoms with Crippen LogP contribution in [0.25, 0.3) is 0 Å². The molecule has 0 radical (unpaired) electrons. The third kappa shape index (κ3) is 1.57. The number of allylic oxidation sites excluding steroid dienone is 1. The molecule has 0 aliphatic carbocycles. The van der Waals surface area contributed by atoms with E-state index < -0.39 is 6.04 Å². The van der Waals surface area contributed by atoms with E-state index in [2.05, 4.69) is 37.1 Å². The highest BCUT2D eigenvalue weighted by atomic mass is 16.2. The molecule has 2 saturated heterocycles. The average molecular weight is 311 g/mol. The van der Waals surface area contributed by atoms with Crippen LogP contribution in [-0.4, -0.2) is 35.5 Å². The number of hydrogen-bond donors (Lipinski definition) is 2. The normalized spacial score (nSPS) is 31.8. The van der Waals surface area contributed by atoms with Crippen LogP contribution in [0.3, 0.4) is 0 Å². The second kappa shape index (κ2) is 4.37. The van der Waals surface area contributed by atoms with Crippen molar-refractivity contribution in [2.75, 3.05) is 11.9 Å². The second-order valence-corrected chi connectivity index (χ2v) is 7.23. The fraction of sp³-hybridized carbons (Fsp3) is 0.444. The Labute approximate surface area is 135 Å². The Morgan fingerprint density at radius 3 is 2.83 bits per heavy atom. The van der Waals surface area contributed by atoms with Gasteiger partial charge in [0, 0.05) is 11.1 Å². The average Bonchev–Trinajstić information content (AvgIpc) is 3.04. The van der Waals surface area contributed by atoms with E-state index in [1.54, 1.807) is 4.90 Å². The highest BCUT2D eigenvalue weighted by Crippen LogP contribution is 2.60. The molecule has 3 heterocycles. The summed E-state index contributed by atoms with van der Waals surface area (Å²) >= 11 is 0. The maximum atomic E-state index is 12.5. The maximum Gasteiger partial charge on any atom is 0.244 e. The lowest BCUT2D eigenvalue weighted by Crippen LogP contribution is -2.60. The molecule has 23 heavy (non-hydrogen) atoms. The van der Waals surface area contributed by atoms with E-state index in [0.29, 0.717) is 6.42 Å². The van der Waals surface area contributed by atoms with Crippen molar-refractivity contribution in [2.24, 2.45) is 5.41 Å². The first-order valence-electron chi connectivity index (χ1n) is 8.01. The van der Waals surface area contributed by atoms with E-state index in [1.807, 2.05) is 24.3 Å². The van der Waals surface area contributed by atoms with Gasteiger partial charge >= 0.3 is 0 Å². The zero-order valence-corrected chi connectivity index (χ0v) is 13.4. The zero-order valence-electron chi connectivity index (χ0n) is 13.4. The molecule has 1 aromatic carbocycles. The summed E-state index contributed by atoms with van der Waals surface area (Å²) in [5, 5.41) is 6.22. The number of rotatable bonds is 2. The van der Waals surface area contributed by atoms with Gasteiger partial charge in [-0.3, -0.25) is 9.59 Å². The molecule has 4 rings (SSSR count). The smallest absolute Gasteiger partial charge is 0.244 e. The van der Waals surface area contributed by atoms with E-state index >= 15 is 0 Å². The largest absolute Gasteiger partial charge is 0.364 e. The number of para-hydroxylation sites is 1. The molecule has 0 bridgehead atoms. The van der Waals surface area contributed by atoms with Crippen molar-refractivity contribution in [3.05, 3.63) is 42.5 Å². The Balaban J connectivity index is 1.95. The predicted octanol–water partition coefficient (Wildman–Crippen LogP) is 1.62. The molecule has 5 nitrogen and oxygen atoms in total. The summed E-state index contributed by atoms with van der Waals surface area (Å²) in [6, 6.07) is 7.74. The third-order valence-corrected chi connectivity index (χ3v) is 5.96. The lowest BCUT2D eigenvalue weighted by molar-refractivity contribution is -0.144. The molecule has 2 N–H and O–H groups in total. The van der Waals surface area contributed by atoms with Crippen LogP contribution in [0.4, 0.5) is 5.69 Å². The monoisotopic (exact) mass is 311 g/mol. The third-order valence-electron chi connectivity index (χ3n) is 5.96. The van der Waals surface area contributed by atoms with E-state index in [4.69, 9.17) is 0 Å². The van der Waals surface area contributed by atoms with Gasteiger partial charge in [-0.25, -0.2) is 0 Å². The fourth-order valence-electron chi connectivity index (χ4n) is 4.58. The van der Waals surface area contributed by atoms with Gasteiger partial charge in [0.05, 0.1) is 6.54 Å². The molecule has 2 amide bonds. The molecule has 0 unspecified atom stereocenters. The Kier molecular flexibility index (Phi) is 2.72. The van der Waals surface area contributed by atoms with E-state index in [0.717, 1.165) is 5.69 Å².